The molecule has 2 aliphatic rings. The van der Waals surface area contributed by atoms with E-state index in [9.17, 15) is 25.5 Å². The molecule has 2 saturated heterocycles. The summed E-state index contributed by atoms with van der Waals surface area (Å²) in [5.74, 6) is 0. The Morgan fingerprint density at radius 2 is 1.89 bits per heavy atom. The van der Waals surface area contributed by atoms with E-state index in [4.69, 9.17) is 32.7 Å². The number of halogens is 2. The normalized spacial score (nSPS) is 38.1. The summed E-state index contributed by atoms with van der Waals surface area (Å²) in [7, 11) is 0. The molecule has 1 aromatic rings. The van der Waals surface area contributed by atoms with Crippen molar-refractivity contribution in [3.05, 3.63) is 33.8 Å². The Balaban J connectivity index is 1.68. The van der Waals surface area contributed by atoms with E-state index in [1.165, 1.54) is 0 Å². The van der Waals surface area contributed by atoms with Gasteiger partial charge in [-0.15, -0.1) is 0 Å². The fourth-order valence-electron chi connectivity index (χ4n) is 3.34. The van der Waals surface area contributed by atoms with Crippen LogP contribution < -0.4 is 0 Å². The van der Waals surface area contributed by atoms with Crippen LogP contribution in [0.3, 0.4) is 0 Å². The van der Waals surface area contributed by atoms with Crippen molar-refractivity contribution in [2.24, 2.45) is 0 Å². The van der Waals surface area contributed by atoms with E-state index in [0.29, 0.717) is 20.9 Å². The maximum absolute atomic E-state index is 10.7. The summed E-state index contributed by atoms with van der Waals surface area (Å²) in [6.45, 7) is -0.259. The summed E-state index contributed by atoms with van der Waals surface area (Å²) in [4.78, 5) is -0.405. The number of ether oxygens (including phenoxy) is 2. The van der Waals surface area contributed by atoms with E-state index in [0.717, 1.165) is 0 Å². The van der Waals surface area contributed by atoms with Crippen LogP contribution in [0.25, 0.3) is 0 Å². The van der Waals surface area contributed by atoms with Gasteiger partial charge in [-0.05, 0) is 0 Å². The molecule has 7 nitrogen and oxygen atoms in total. The number of hydrogen-bond acceptors (Lipinski definition) is 7. The second-order valence-corrected chi connectivity index (χ2v) is 12.5. The minimum atomic E-state index is -1.69. The third kappa shape index (κ3) is 4.79. The van der Waals surface area contributed by atoms with E-state index in [2.05, 4.69) is 0 Å². The molecule has 0 aromatic heterocycles. The number of aliphatic hydroxyl groups is 5. The fourth-order valence-corrected chi connectivity index (χ4v) is 9.27. The van der Waals surface area contributed by atoms with E-state index in [1.807, 2.05) is 0 Å². The molecule has 10 heteroatoms. The third-order valence-corrected chi connectivity index (χ3v) is 11.5. The first-order chi connectivity index (χ1) is 12.8. The van der Waals surface area contributed by atoms with Gasteiger partial charge in [0.1, 0.15) is 0 Å². The molecule has 0 saturated carbocycles. The summed E-state index contributed by atoms with van der Waals surface area (Å²) < 4.78 is 11.3. The van der Waals surface area contributed by atoms with Gasteiger partial charge in [-0.2, -0.15) is 0 Å². The van der Waals surface area contributed by atoms with Gasteiger partial charge < -0.3 is 0 Å². The van der Waals surface area contributed by atoms with Crippen molar-refractivity contribution in [2.75, 3.05) is 13.2 Å². The van der Waals surface area contributed by atoms with Crippen molar-refractivity contribution in [2.45, 2.75) is 52.3 Å². The van der Waals surface area contributed by atoms with Gasteiger partial charge >= 0.3 is 171 Å². The van der Waals surface area contributed by atoms with Gasteiger partial charge in [0.05, 0.1) is 0 Å². The predicted octanol–water partition coefficient (Wildman–Crippen LogP) is 0.722. The number of rotatable bonds is 5. The SMILES string of the molecule is OC[C@@H]1[C@@H](O)[C@H](O)C[Se@+]1C[C@@H](O)[C@H]1OC(c2ccc(Cl)c(Cl)c2)OC[C@H]1O. The van der Waals surface area contributed by atoms with Crippen molar-refractivity contribution in [1.82, 2.24) is 0 Å². The molecule has 2 aliphatic heterocycles. The van der Waals surface area contributed by atoms with Gasteiger partial charge in [0.2, 0.25) is 0 Å². The second-order valence-electron chi connectivity index (χ2n) is 6.72. The molecular formula is C17H23Cl2O7Se+. The number of benzene rings is 1. The van der Waals surface area contributed by atoms with Crippen LogP contribution in [0.2, 0.25) is 25.5 Å². The van der Waals surface area contributed by atoms with Crippen LogP contribution in [0.5, 0.6) is 0 Å². The molecule has 0 bridgehead atoms. The van der Waals surface area contributed by atoms with Gasteiger partial charge in [-0.25, -0.2) is 0 Å². The van der Waals surface area contributed by atoms with Crippen molar-refractivity contribution >= 4 is 37.1 Å². The minimum absolute atomic E-state index is 0.0218. The van der Waals surface area contributed by atoms with Crippen LogP contribution in [0.4, 0.5) is 0 Å². The van der Waals surface area contributed by atoms with E-state index in [1.54, 1.807) is 18.2 Å². The Hall–Kier alpha value is 0.0395. The first-order valence-electron chi connectivity index (χ1n) is 8.53. The molecule has 5 N–H and O–H groups in total. The zero-order valence-corrected chi connectivity index (χ0v) is 17.5. The first kappa shape index (κ1) is 21.7. The summed E-state index contributed by atoms with van der Waals surface area (Å²) >= 11 is 10.3. The molecule has 0 radical (unpaired) electrons. The summed E-state index contributed by atoms with van der Waals surface area (Å²) in [6, 6.07) is 4.91. The second kappa shape index (κ2) is 9.24. The van der Waals surface area contributed by atoms with Crippen LogP contribution >= 0.6 is 23.2 Å². The maximum atomic E-state index is 10.7. The number of hydrogen-bond donors (Lipinski definition) is 5. The Kier molecular flexibility index (Phi) is 7.44. The Labute approximate surface area is 171 Å². The summed E-state index contributed by atoms with van der Waals surface area (Å²) in [5, 5.41) is 51.6. The Morgan fingerprint density at radius 1 is 1.15 bits per heavy atom. The molecule has 0 spiro atoms. The molecular weight excluding hydrogens is 466 g/mol. The van der Waals surface area contributed by atoms with Crippen LogP contribution in [-0.4, -0.2) is 83.2 Å². The molecule has 152 valence electrons. The standard InChI is InChI=1S/C17H23Cl2O7Se/c18-9-2-1-8(3-10(9)19)17-25-5-11(21)16(26-17)13(23)7-27-6-12(22)15(24)14(27)4-20/h1-3,11-17,20-24H,4-7H2/q+1/t11-,12-,13-,14-,15+,16+,17?,27-/m1/s1. The van der Waals surface area contributed by atoms with E-state index in [-0.39, 0.29) is 18.5 Å². The van der Waals surface area contributed by atoms with E-state index >= 15 is 0 Å². The van der Waals surface area contributed by atoms with Gasteiger partial charge in [0, 0.05) is 0 Å². The molecule has 8 atom stereocenters. The first-order valence-corrected chi connectivity index (χ1v) is 12.7. The van der Waals surface area contributed by atoms with Gasteiger partial charge in [-0.3, -0.25) is 0 Å². The van der Waals surface area contributed by atoms with Crippen LogP contribution in [-0.2, 0) is 9.47 Å². The topological polar surface area (TPSA) is 120 Å². The zero-order chi connectivity index (χ0) is 19.7. The number of aliphatic hydroxyl groups excluding tert-OH is 5. The van der Waals surface area contributed by atoms with Crippen molar-refractivity contribution in [1.29, 1.82) is 0 Å². The summed E-state index contributed by atoms with van der Waals surface area (Å²) in [5.41, 5.74) is 0.615. The van der Waals surface area contributed by atoms with Crippen LogP contribution in [0, 0.1) is 0 Å². The van der Waals surface area contributed by atoms with Crippen molar-refractivity contribution in [3.8, 4) is 0 Å². The van der Waals surface area contributed by atoms with Gasteiger partial charge in [-0.1, -0.05) is 0 Å². The van der Waals surface area contributed by atoms with Gasteiger partial charge in [0.15, 0.2) is 0 Å². The Bertz CT molecular complexity index is 652. The van der Waals surface area contributed by atoms with Crippen molar-refractivity contribution < 1.29 is 35.0 Å². The monoisotopic (exact) mass is 489 g/mol. The summed E-state index contributed by atoms with van der Waals surface area (Å²) in [6.07, 6.45) is -5.59. The quantitative estimate of drug-likeness (QED) is 0.387. The molecule has 1 aromatic carbocycles. The molecule has 2 fully saturated rings. The molecule has 0 amide bonds. The van der Waals surface area contributed by atoms with Crippen molar-refractivity contribution in [3.63, 3.8) is 0 Å². The predicted molar refractivity (Wildman–Crippen MR) is 100 cm³/mol. The molecule has 3 rings (SSSR count). The van der Waals surface area contributed by atoms with E-state index < -0.39 is 55.5 Å². The Morgan fingerprint density at radius 3 is 2.56 bits per heavy atom. The molecule has 1 unspecified atom stereocenters. The third-order valence-electron chi connectivity index (χ3n) is 4.83. The molecule has 27 heavy (non-hydrogen) atoms. The zero-order valence-electron chi connectivity index (χ0n) is 14.3. The van der Waals surface area contributed by atoms with Gasteiger partial charge in [0.25, 0.3) is 0 Å². The van der Waals surface area contributed by atoms with Crippen LogP contribution in [0.1, 0.15) is 11.9 Å². The average molecular weight is 489 g/mol. The van der Waals surface area contributed by atoms with Crippen LogP contribution in [0.15, 0.2) is 18.2 Å². The fraction of sp³-hybridized carbons (Fsp3) is 0.647. The molecule has 2 heterocycles. The molecule has 0 aliphatic carbocycles. The average Bonchev–Trinajstić information content (AvgIpc) is 2.90.